The Balaban J connectivity index is 0.000000194. The van der Waals surface area contributed by atoms with E-state index in [1.54, 1.807) is 0 Å². The van der Waals surface area contributed by atoms with E-state index in [-0.39, 0.29) is 0 Å². The van der Waals surface area contributed by atoms with E-state index in [9.17, 15) is 5.26 Å². The van der Waals surface area contributed by atoms with Crippen molar-refractivity contribution in [1.29, 1.82) is 10.5 Å². The number of nitrogens with zero attached hydrogens (tertiary/aromatic N) is 2. The third-order valence-corrected chi connectivity index (χ3v) is 5.53. The van der Waals surface area contributed by atoms with Gasteiger partial charge in [0.15, 0.2) is 0 Å². The lowest BCUT2D eigenvalue weighted by atomic mass is 9.93. The first-order valence-corrected chi connectivity index (χ1v) is 11.4. The topological polar surface area (TPSA) is 47.6 Å². The lowest BCUT2D eigenvalue weighted by Gasteiger charge is -2.09. The molecule has 0 atom stereocenters. The van der Waals surface area contributed by atoms with Crippen LogP contribution in [0.1, 0.15) is 42.9 Å². The van der Waals surface area contributed by atoms with Crippen molar-refractivity contribution < 1.29 is 0 Å². The number of rotatable bonds is 6. The molecule has 4 aromatic carbocycles. The van der Waals surface area contributed by atoms with E-state index in [2.05, 4.69) is 43.3 Å². The van der Waals surface area contributed by atoms with Gasteiger partial charge in [-0.1, -0.05) is 117 Å². The molecule has 0 heterocycles. The van der Waals surface area contributed by atoms with Gasteiger partial charge in [-0.2, -0.15) is 10.5 Å². The van der Waals surface area contributed by atoms with Crippen LogP contribution < -0.4 is 0 Å². The molecule has 2 nitrogen and oxygen atoms in total. The average molecular weight is 429 g/mol. The molecule has 0 aliphatic heterocycles. The van der Waals surface area contributed by atoms with Crippen LogP contribution in [0, 0.1) is 22.7 Å². The second-order valence-corrected chi connectivity index (χ2v) is 7.80. The summed E-state index contributed by atoms with van der Waals surface area (Å²) < 4.78 is 0. The lowest BCUT2D eigenvalue weighted by molar-refractivity contribution is 0.717. The molecule has 0 saturated carbocycles. The van der Waals surface area contributed by atoms with Crippen LogP contribution in [0.5, 0.6) is 0 Å². The van der Waals surface area contributed by atoms with Crippen LogP contribution in [0.3, 0.4) is 0 Å². The molecule has 0 fully saturated rings. The number of aryl methyl sites for hydroxylation is 1. The molecule has 0 saturated heterocycles. The standard InChI is InChI=1S/C18H19N.C13H9N/c1-2-3-5-9-16-12-8-13-17(18(16)14-19)15-10-6-4-7-11-15;14-10-12-8-4-5-9-13(12)11-6-2-1-3-7-11/h4,6-8,10-13H,2-3,5,9H2,1H3;1-9H. The van der Waals surface area contributed by atoms with Crippen LogP contribution in [0.15, 0.2) is 103 Å². The average Bonchev–Trinajstić information content (AvgIpc) is 2.90. The Bertz CT molecular complexity index is 1230. The van der Waals surface area contributed by atoms with Gasteiger partial charge < -0.3 is 0 Å². The van der Waals surface area contributed by atoms with E-state index in [0.29, 0.717) is 0 Å². The molecule has 0 radical (unpaired) electrons. The van der Waals surface area contributed by atoms with Crippen LogP contribution >= 0.6 is 0 Å². The third kappa shape index (κ3) is 6.42. The van der Waals surface area contributed by atoms with Gasteiger partial charge in [0.05, 0.1) is 17.2 Å². The van der Waals surface area contributed by atoms with Crippen molar-refractivity contribution in [3.8, 4) is 34.4 Å². The number of hydrogen-bond donors (Lipinski definition) is 0. The van der Waals surface area contributed by atoms with E-state index < -0.39 is 0 Å². The third-order valence-electron chi connectivity index (χ3n) is 5.53. The molecule has 2 heteroatoms. The molecule has 0 bridgehead atoms. The molecule has 33 heavy (non-hydrogen) atoms. The SMILES string of the molecule is CCCCCc1cccc(-c2ccccc2)c1C#N.N#Cc1ccccc1-c1ccccc1. The molecule has 162 valence electrons. The van der Waals surface area contributed by atoms with Crippen molar-refractivity contribution in [2.75, 3.05) is 0 Å². The summed E-state index contributed by atoms with van der Waals surface area (Å²) in [4.78, 5) is 0. The summed E-state index contributed by atoms with van der Waals surface area (Å²) in [6.45, 7) is 2.20. The van der Waals surface area contributed by atoms with Gasteiger partial charge in [-0.15, -0.1) is 0 Å². The van der Waals surface area contributed by atoms with Crippen molar-refractivity contribution in [3.63, 3.8) is 0 Å². The highest BCUT2D eigenvalue weighted by Gasteiger charge is 2.09. The van der Waals surface area contributed by atoms with Gasteiger partial charge in [0.25, 0.3) is 0 Å². The minimum atomic E-state index is 0.721. The molecule has 0 amide bonds. The van der Waals surface area contributed by atoms with Gasteiger partial charge >= 0.3 is 0 Å². The highest BCUT2D eigenvalue weighted by Crippen LogP contribution is 2.26. The van der Waals surface area contributed by atoms with Crippen LogP contribution in [-0.2, 0) is 6.42 Å². The maximum Gasteiger partial charge on any atom is 0.100 e. The minimum Gasteiger partial charge on any atom is -0.192 e. The van der Waals surface area contributed by atoms with Crippen molar-refractivity contribution in [2.45, 2.75) is 32.6 Å². The molecule has 0 aliphatic carbocycles. The molecule has 0 aliphatic rings. The largest absolute Gasteiger partial charge is 0.192 e. The van der Waals surface area contributed by atoms with E-state index in [1.165, 1.54) is 18.4 Å². The summed E-state index contributed by atoms with van der Waals surface area (Å²) in [5.74, 6) is 0. The smallest absolute Gasteiger partial charge is 0.100 e. The number of nitriles is 2. The van der Waals surface area contributed by atoms with Gasteiger partial charge in [0, 0.05) is 0 Å². The highest BCUT2D eigenvalue weighted by molar-refractivity contribution is 5.72. The van der Waals surface area contributed by atoms with Gasteiger partial charge in [0.1, 0.15) is 6.07 Å². The first-order chi connectivity index (χ1) is 16.3. The highest BCUT2D eigenvalue weighted by atomic mass is 14.3. The maximum absolute atomic E-state index is 9.47. The van der Waals surface area contributed by atoms with Crippen molar-refractivity contribution in [2.24, 2.45) is 0 Å². The first-order valence-electron chi connectivity index (χ1n) is 11.4. The molecule has 0 unspecified atom stereocenters. The van der Waals surface area contributed by atoms with Crippen LogP contribution in [0.4, 0.5) is 0 Å². The van der Waals surface area contributed by atoms with Gasteiger partial charge in [-0.25, -0.2) is 0 Å². The summed E-state index contributed by atoms with van der Waals surface area (Å²) in [6.07, 6.45) is 4.58. The summed E-state index contributed by atoms with van der Waals surface area (Å²) in [5, 5.41) is 18.4. The summed E-state index contributed by atoms with van der Waals surface area (Å²) in [5.41, 5.74) is 6.99. The number of benzene rings is 4. The van der Waals surface area contributed by atoms with Gasteiger partial charge in [-0.3, -0.25) is 0 Å². The monoisotopic (exact) mass is 428 g/mol. The summed E-state index contributed by atoms with van der Waals surface area (Å²) in [7, 11) is 0. The zero-order chi connectivity index (χ0) is 23.3. The van der Waals surface area contributed by atoms with Crippen LogP contribution in [-0.4, -0.2) is 0 Å². The molecule has 0 aromatic heterocycles. The summed E-state index contributed by atoms with van der Waals surface area (Å²) in [6, 6.07) is 38.5. The second kappa shape index (κ2) is 12.7. The van der Waals surface area contributed by atoms with E-state index in [1.807, 2.05) is 78.9 Å². The number of unbranched alkanes of at least 4 members (excludes halogenated alkanes) is 2. The molecule has 0 N–H and O–H groups in total. The van der Waals surface area contributed by atoms with E-state index in [0.717, 1.165) is 46.2 Å². The van der Waals surface area contributed by atoms with Gasteiger partial charge in [-0.05, 0) is 46.7 Å². The lowest BCUT2D eigenvalue weighted by Crippen LogP contribution is -1.94. The quantitative estimate of drug-likeness (QED) is 0.291. The Morgan fingerprint density at radius 2 is 1.15 bits per heavy atom. The number of hydrogen-bond acceptors (Lipinski definition) is 2. The van der Waals surface area contributed by atoms with Crippen molar-refractivity contribution in [3.05, 3.63) is 120 Å². The van der Waals surface area contributed by atoms with E-state index >= 15 is 0 Å². The Hall–Kier alpha value is -4.14. The molecular weight excluding hydrogens is 400 g/mol. The second-order valence-electron chi connectivity index (χ2n) is 7.80. The Morgan fingerprint density at radius 1 is 0.576 bits per heavy atom. The first kappa shape index (κ1) is 23.5. The Kier molecular flexibility index (Phi) is 9.02. The zero-order valence-corrected chi connectivity index (χ0v) is 19.0. The maximum atomic E-state index is 9.47. The predicted molar refractivity (Wildman–Crippen MR) is 136 cm³/mol. The fourth-order valence-electron chi connectivity index (χ4n) is 3.81. The van der Waals surface area contributed by atoms with Crippen molar-refractivity contribution >= 4 is 0 Å². The molecule has 4 aromatic rings. The minimum absolute atomic E-state index is 0.721. The van der Waals surface area contributed by atoms with Crippen molar-refractivity contribution in [1.82, 2.24) is 0 Å². The van der Waals surface area contributed by atoms with Crippen LogP contribution in [0.25, 0.3) is 22.3 Å². The molecular formula is C31H28N2. The normalized spacial score (nSPS) is 9.79. The molecule has 0 spiro atoms. The fraction of sp³-hybridized carbons (Fsp3) is 0.161. The molecule has 4 rings (SSSR count). The van der Waals surface area contributed by atoms with E-state index in [4.69, 9.17) is 5.26 Å². The Morgan fingerprint density at radius 3 is 1.76 bits per heavy atom. The fourth-order valence-corrected chi connectivity index (χ4v) is 3.81. The van der Waals surface area contributed by atoms with Gasteiger partial charge in [0.2, 0.25) is 0 Å². The Labute approximate surface area is 197 Å². The summed E-state index contributed by atoms with van der Waals surface area (Å²) >= 11 is 0. The zero-order valence-electron chi connectivity index (χ0n) is 19.0. The van der Waals surface area contributed by atoms with Crippen LogP contribution in [0.2, 0.25) is 0 Å². The predicted octanol–water partition coefficient (Wildman–Crippen LogP) is 8.18.